The molecule has 6 radical (unpaired) electrons. The maximum atomic E-state index is 12.5. The van der Waals surface area contributed by atoms with Gasteiger partial charge in [-0.05, 0) is 42.5 Å². The molecule has 0 saturated carbocycles. The lowest BCUT2D eigenvalue weighted by atomic mass is 9.40. The molecule has 0 N–H and O–H groups in total. The number of carbonyl (C=O) groups excluding carboxylic acids is 1. The Labute approximate surface area is 169 Å². The number of anilines is 1. The molecule has 2 aromatic rings. The first-order chi connectivity index (χ1) is 13.3. The summed E-state index contributed by atoms with van der Waals surface area (Å²) in [5.74, 6) is 0.733. The van der Waals surface area contributed by atoms with Crippen molar-refractivity contribution in [1.29, 1.82) is 0 Å². The van der Waals surface area contributed by atoms with Crippen molar-refractivity contribution >= 4 is 35.3 Å². The van der Waals surface area contributed by atoms with Crippen LogP contribution in [0.5, 0.6) is 0 Å². The summed E-state index contributed by atoms with van der Waals surface area (Å²) in [6.45, 7) is 4.93. The van der Waals surface area contributed by atoms with Crippen molar-refractivity contribution in [2.24, 2.45) is 0 Å². The Morgan fingerprint density at radius 2 is 1.86 bits per heavy atom. The molecule has 1 saturated heterocycles. The van der Waals surface area contributed by atoms with Crippen LogP contribution < -0.4 is 4.90 Å². The van der Waals surface area contributed by atoms with E-state index in [0.717, 1.165) is 61.5 Å². The zero-order chi connectivity index (χ0) is 19.9. The molecule has 4 heterocycles. The van der Waals surface area contributed by atoms with E-state index in [9.17, 15) is 4.79 Å². The highest BCUT2D eigenvalue weighted by Gasteiger charge is 2.25. The molecule has 2 aromatic heterocycles. The van der Waals surface area contributed by atoms with Gasteiger partial charge in [0.2, 0.25) is 0 Å². The minimum atomic E-state index is -1.42. The van der Waals surface area contributed by atoms with Gasteiger partial charge in [0.1, 0.15) is 0 Å². The Morgan fingerprint density at radius 3 is 2.54 bits per heavy atom. The second kappa shape index (κ2) is 7.26. The molecule has 2 aliphatic heterocycles. The average molecular weight is 367 g/mol. The highest BCUT2D eigenvalue weighted by atomic mass is 16.2. The average Bonchev–Trinajstić information content (AvgIpc) is 3.20. The lowest BCUT2D eigenvalue weighted by Crippen LogP contribution is -2.34. The van der Waals surface area contributed by atoms with Gasteiger partial charge in [-0.15, -0.1) is 15.3 Å². The van der Waals surface area contributed by atoms with Gasteiger partial charge in [0.15, 0.2) is 11.5 Å². The lowest BCUT2D eigenvalue weighted by Gasteiger charge is -2.31. The number of aromatic nitrogens is 3. The Kier molecular flexibility index (Phi) is 4.94. The summed E-state index contributed by atoms with van der Waals surface area (Å²) in [6.07, 6.45) is 4.51. The third-order valence-electron chi connectivity index (χ3n) is 5.41. The molecule has 2 aliphatic rings. The molecule has 28 heavy (non-hydrogen) atoms. The molecule has 1 amide bonds. The fourth-order valence-corrected chi connectivity index (χ4v) is 3.82. The molecular formula is C19H20B3N5O. The second-order valence-electron chi connectivity index (χ2n) is 7.67. The number of carbonyl (C=O) groups is 1. The lowest BCUT2D eigenvalue weighted by molar-refractivity contribution is 0.0785. The Balaban J connectivity index is 1.56. The number of nitrogens with zero attached hydrogens (tertiary/aromatic N) is 5. The first-order valence-electron chi connectivity index (χ1n) is 9.56. The second-order valence-corrected chi connectivity index (χ2v) is 7.67. The van der Waals surface area contributed by atoms with Gasteiger partial charge in [0.05, 0.1) is 23.5 Å². The van der Waals surface area contributed by atoms with E-state index in [1.54, 1.807) is 6.20 Å². The Hall–Kier alpha value is -2.31. The quantitative estimate of drug-likeness (QED) is 0.744. The Bertz CT molecular complexity index is 909. The van der Waals surface area contributed by atoms with Crippen LogP contribution in [0, 0.1) is 6.92 Å². The molecule has 0 aliphatic carbocycles. The topological polar surface area (TPSA) is 62.2 Å². The van der Waals surface area contributed by atoms with E-state index in [1.807, 2.05) is 24.0 Å². The van der Waals surface area contributed by atoms with Crippen molar-refractivity contribution in [3.8, 4) is 0 Å². The van der Waals surface area contributed by atoms with Gasteiger partial charge in [-0.3, -0.25) is 9.78 Å². The monoisotopic (exact) mass is 367 g/mol. The molecule has 6 nitrogen and oxygen atoms in total. The Morgan fingerprint density at radius 1 is 1.11 bits per heavy atom. The van der Waals surface area contributed by atoms with Gasteiger partial charge in [-0.1, -0.05) is 6.07 Å². The molecule has 0 unspecified atom stereocenters. The molecule has 4 rings (SSSR count). The van der Waals surface area contributed by atoms with Crippen molar-refractivity contribution in [3.05, 3.63) is 46.4 Å². The van der Waals surface area contributed by atoms with Crippen LogP contribution in [0.25, 0.3) is 0 Å². The number of rotatable bonds is 3. The van der Waals surface area contributed by atoms with Crippen LogP contribution in [-0.4, -0.2) is 69.2 Å². The van der Waals surface area contributed by atoms with Gasteiger partial charge >= 0.3 is 0 Å². The van der Waals surface area contributed by atoms with Crippen LogP contribution in [0.2, 0.25) is 0 Å². The fraction of sp³-hybridized carbons (Fsp3) is 0.474. The number of amides is 1. The maximum absolute atomic E-state index is 12.5. The first kappa shape index (κ1) is 19.0. The van der Waals surface area contributed by atoms with Crippen molar-refractivity contribution in [1.82, 2.24) is 20.1 Å². The molecule has 9 heteroatoms. The van der Waals surface area contributed by atoms with Crippen LogP contribution in [0.15, 0.2) is 18.3 Å². The summed E-state index contributed by atoms with van der Waals surface area (Å²) >= 11 is 0. The largest absolute Gasteiger partial charge is 0.350 e. The van der Waals surface area contributed by atoms with Crippen LogP contribution >= 0.6 is 0 Å². The van der Waals surface area contributed by atoms with E-state index in [0.29, 0.717) is 17.8 Å². The van der Waals surface area contributed by atoms with E-state index in [2.05, 4.69) is 20.1 Å². The van der Waals surface area contributed by atoms with Gasteiger partial charge in [0, 0.05) is 44.5 Å². The summed E-state index contributed by atoms with van der Waals surface area (Å²) < 4.78 is 0. The van der Waals surface area contributed by atoms with Crippen molar-refractivity contribution in [2.45, 2.75) is 37.8 Å². The highest BCUT2D eigenvalue weighted by Crippen LogP contribution is 2.26. The molecule has 0 bridgehead atoms. The third-order valence-corrected chi connectivity index (χ3v) is 5.41. The number of pyridine rings is 1. The SMILES string of the molecule is [B]C([B])([B])c1cnc2c(c1)CN(c1nnc(C(=O)N3CCCC3)cc1C)CC2. The van der Waals surface area contributed by atoms with E-state index in [1.165, 1.54) is 0 Å². The van der Waals surface area contributed by atoms with Crippen LogP contribution in [0.4, 0.5) is 5.82 Å². The smallest absolute Gasteiger partial charge is 0.274 e. The van der Waals surface area contributed by atoms with Crippen molar-refractivity contribution < 1.29 is 4.79 Å². The van der Waals surface area contributed by atoms with Crippen molar-refractivity contribution in [3.63, 3.8) is 0 Å². The molecule has 0 atom stereocenters. The molecule has 0 spiro atoms. The predicted molar refractivity (Wildman–Crippen MR) is 110 cm³/mol. The number of hydrogen-bond acceptors (Lipinski definition) is 5. The molecule has 136 valence electrons. The van der Waals surface area contributed by atoms with Gasteiger partial charge in [-0.2, -0.15) is 0 Å². The number of likely N-dealkylation sites (tertiary alicyclic amines) is 1. The summed E-state index contributed by atoms with van der Waals surface area (Å²) in [4.78, 5) is 21.0. The van der Waals surface area contributed by atoms with Crippen LogP contribution in [0.3, 0.4) is 0 Å². The minimum Gasteiger partial charge on any atom is -0.350 e. The minimum absolute atomic E-state index is 0.0392. The summed E-state index contributed by atoms with van der Waals surface area (Å²) in [5.41, 5.74) is 3.95. The maximum Gasteiger partial charge on any atom is 0.274 e. The highest BCUT2D eigenvalue weighted by molar-refractivity contribution is 6.58. The molecule has 0 aromatic carbocycles. The molecular weight excluding hydrogens is 347 g/mol. The van der Waals surface area contributed by atoms with Crippen molar-refractivity contribution in [2.75, 3.05) is 24.5 Å². The standard InChI is InChI=1S/C19H20B3N5O/c1-12-8-16(18(28)26-5-2-3-6-26)24-25-17(12)27-7-4-15-13(11-27)9-14(10-23-15)19(20,21)22/h8-10H,2-7,11H2,1H3. The molecule has 1 fully saturated rings. The van der Waals surface area contributed by atoms with E-state index in [-0.39, 0.29) is 5.91 Å². The summed E-state index contributed by atoms with van der Waals surface area (Å²) in [7, 11) is 17.4. The zero-order valence-corrected chi connectivity index (χ0v) is 16.1. The van der Waals surface area contributed by atoms with Crippen LogP contribution in [0.1, 0.15) is 45.7 Å². The normalized spacial score (nSPS) is 16.9. The number of fused-ring (bicyclic) bond motifs is 1. The van der Waals surface area contributed by atoms with E-state index in [4.69, 9.17) is 23.5 Å². The summed E-state index contributed by atoms with van der Waals surface area (Å²) in [6, 6.07) is 3.74. The van der Waals surface area contributed by atoms with Gasteiger partial charge < -0.3 is 9.80 Å². The van der Waals surface area contributed by atoms with E-state index < -0.39 is 5.11 Å². The number of hydrogen-bond donors (Lipinski definition) is 0. The third kappa shape index (κ3) is 3.67. The number of aryl methyl sites for hydroxylation is 1. The van der Waals surface area contributed by atoms with Crippen LogP contribution in [-0.2, 0) is 18.1 Å². The van der Waals surface area contributed by atoms with Gasteiger partial charge in [0.25, 0.3) is 5.91 Å². The van der Waals surface area contributed by atoms with Gasteiger partial charge in [-0.25, -0.2) is 0 Å². The first-order valence-corrected chi connectivity index (χ1v) is 9.56. The fourth-order valence-electron chi connectivity index (χ4n) is 3.82. The predicted octanol–water partition coefficient (Wildman–Crippen LogP) is 0.595. The summed E-state index contributed by atoms with van der Waals surface area (Å²) in [5, 5.41) is 7.17. The van der Waals surface area contributed by atoms with E-state index >= 15 is 0 Å². The zero-order valence-electron chi connectivity index (χ0n) is 16.1.